The van der Waals surface area contributed by atoms with Gasteiger partial charge in [-0.25, -0.2) is 13.2 Å². The van der Waals surface area contributed by atoms with Crippen molar-refractivity contribution in [1.29, 1.82) is 0 Å². The van der Waals surface area contributed by atoms with E-state index in [1.54, 1.807) is 25.1 Å². The Balaban J connectivity index is 2.05. The number of sulfonamides is 1. The normalized spacial score (nSPS) is 16.3. The first-order chi connectivity index (χ1) is 12.9. The van der Waals surface area contributed by atoms with Crippen molar-refractivity contribution in [1.82, 2.24) is 0 Å². The molecule has 9 heteroatoms. The van der Waals surface area contributed by atoms with Crippen molar-refractivity contribution >= 4 is 33.3 Å². The lowest BCUT2D eigenvalue weighted by Gasteiger charge is -2.34. The summed E-state index contributed by atoms with van der Waals surface area (Å²) in [5.74, 6) is 0.137. The van der Waals surface area contributed by atoms with E-state index in [1.165, 1.54) is 31.4 Å². The molecule has 0 aliphatic carbocycles. The van der Waals surface area contributed by atoms with E-state index in [9.17, 15) is 13.2 Å². The fraction of sp³-hybridized carbons (Fsp3) is 0.278. The number of esters is 1. The molecule has 0 radical (unpaired) electrons. The first kappa shape index (κ1) is 19.3. The minimum Gasteiger partial charge on any atom is -0.497 e. The largest absolute Gasteiger partial charge is 0.497 e. The number of nitrogens with zero attached hydrogens (tertiary/aromatic N) is 1. The molecule has 1 heterocycles. The molecule has 0 N–H and O–H groups in total. The van der Waals surface area contributed by atoms with Crippen molar-refractivity contribution in [2.45, 2.75) is 17.9 Å². The van der Waals surface area contributed by atoms with Gasteiger partial charge in [0.2, 0.25) is 6.10 Å². The number of rotatable bonds is 5. The molecule has 0 unspecified atom stereocenters. The number of anilines is 1. The fourth-order valence-corrected chi connectivity index (χ4v) is 4.32. The van der Waals surface area contributed by atoms with Crippen LogP contribution in [-0.4, -0.2) is 40.8 Å². The second kappa shape index (κ2) is 7.66. The van der Waals surface area contributed by atoms with E-state index in [0.29, 0.717) is 10.8 Å². The number of hydrogen-bond acceptors (Lipinski definition) is 6. The Hall–Kier alpha value is -2.45. The van der Waals surface area contributed by atoms with E-state index in [1.807, 2.05) is 0 Å². The zero-order chi connectivity index (χ0) is 19.6. The third-order valence-electron chi connectivity index (χ3n) is 3.99. The van der Waals surface area contributed by atoms with Crippen molar-refractivity contribution in [3.8, 4) is 11.5 Å². The molecule has 0 fully saturated rings. The number of carbonyl (C=O) groups is 1. The third kappa shape index (κ3) is 3.81. The molecular weight excluding hydrogens is 394 g/mol. The molecule has 0 amide bonds. The standard InChI is InChI=1S/C18H18ClNO6S/c1-3-25-18(21)17-11-20(15-10-12(19)4-9-16(15)26-17)27(22,23)14-7-5-13(24-2)6-8-14/h4-10,17H,3,11H2,1-2H3/t17-/m0/s1. The van der Waals surface area contributed by atoms with Gasteiger partial charge < -0.3 is 14.2 Å². The zero-order valence-electron chi connectivity index (χ0n) is 14.7. The van der Waals surface area contributed by atoms with Crippen LogP contribution in [0.3, 0.4) is 0 Å². The van der Waals surface area contributed by atoms with Crippen molar-refractivity contribution in [2.75, 3.05) is 24.6 Å². The van der Waals surface area contributed by atoms with E-state index in [-0.39, 0.29) is 29.5 Å². The van der Waals surface area contributed by atoms with Gasteiger partial charge in [0.05, 0.1) is 30.8 Å². The topological polar surface area (TPSA) is 82.1 Å². The Kier molecular flexibility index (Phi) is 5.48. The highest BCUT2D eigenvalue weighted by atomic mass is 35.5. The van der Waals surface area contributed by atoms with Gasteiger partial charge in [0.25, 0.3) is 10.0 Å². The first-order valence-corrected chi connectivity index (χ1v) is 9.98. The van der Waals surface area contributed by atoms with Crippen molar-refractivity contribution in [2.24, 2.45) is 0 Å². The summed E-state index contributed by atoms with van der Waals surface area (Å²) in [6, 6.07) is 10.6. The van der Waals surface area contributed by atoms with Gasteiger partial charge in [0.1, 0.15) is 11.5 Å². The predicted octanol–water partition coefficient (Wildman–Crippen LogP) is 2.87. The molecule has 1 aliphatic rings. The molecule has 1 atom stereocenters. The summed E-state index contributed by atoms with van der Waals surface area (Å²) in [6.45, 7) is 1.61. The molecule has 0 spiro atoms. The van der Waals surface area contributed by atoms with Gasteiger partial charge in [0.15, 0.2) is 0 Å². The highest BCUT2D eigenvalue weighted by Gasteiger charge is 2.38. The van der Waals surface area contributed by atoms with Gasteiger partial charge in [-0.15, -0.1) is 0 Å². The number of halogens is 1. The molecule has 0 bridgehead atoms. The highest BCUT2D eigenvalue weighted by molar-refractivity contribution is 7.92. The van der Waals surface area contributed by atoms with Gasteiger partial charge >= 0.3 is 5.97 Å². The second-order valence-electron chi connectivity index (χ2n) is 5.68. The van der Waals surface area contributed by atoms with Crippen LogP contribution in [0.25, 0.3) is 0 Å². The van der Waals surface area contributed by atoms with Crippen molar-refractivity contribution in [3.63, 3.8) is 0 Å². The van der Waals surface area contributed by atoms with E-state index < -0.39 is 22.1 Å². The van der Waals surface area contributed by atoms with Gasteiger partial charge in [-0.3, -0.25) is 4.31 Å². The van der Waals surface area contributed by atoms with E-state index >= 15 is 0 Å². The zero-order valence-corrected chi connectivity index (χ0v) is 16.3. The molecule has 3 rings (SSSR count). The molecule has 2 aromatic carbocycles. The predicted molar refractivity (Wildman–Crippen MR) is 100 cm³/mol. The maximum atomic E-state index is 13.2. The SMILES string of the molecule is CCOC(=O)[C@@H]1CN(S(=O)(=O)c2ccc(OC)cc2)c2cc(Cl)ccc2O1. The Bertz CT molecular complexity index is 945. The van der Waals surface area contributed by atoms with Crippen LogP contribution < -0.4 is 13.8 Å². The highest BCUT2D eigenvalue weighted by Crippen LogP contribution is 2.39. The second-order valence-corrected chi connectivity index (χ2v) is 7.98. The number of hydrogen-bond donors (Lipinski definition) is 0. The van der Waals surface area contributed by atoms with Crippen LogP contribution in [0.4, 0.5) is 5.69 Å². The van der Waals surface area contributed by atoms with Crippen molar-refractivity contribution in [3.05, 3.63) is 47.5 Å². The maximum absolute atomic E-state index is 13.2. The number of fused-ring (bicyclic) bond motifs is 1. The summed E-state index contributed by atoms with van der Waals surface area (Å²) in [5.41, 5.74) is 0.263. The summed E-state index contributed by atoms with van der Waals surface area (Å²) < 4.78 is 43.3. The number of ether oxygens (including phenoxy) is 3. The average molecular weight is 412 g/mol. The molecule has 27 heavy (non-hydrogen) atoms. The summed E-state index contributed by atoms with van der Waals surface area (Å²) in [6.07, 6.45) is -1.08. The van der Waals surface area contributed by atoms with Crippen molar-refractivity contribution < 1.29 is 27.4 Å². The van der Waals surface area contributed by atoms with Gasteiger partial charge in [-0.2, -0.15) is 0 Å². The van der Waals surface area contributed by atoms with Crippen LogP contribution in [0, 0.1) is 0 Å². The Morgan fingerprint density at radius 3 is 2.59 bits per heavy atom. The van der Waals surface area contributed by atoms with Crippen LogP contribution in [0.2, 0.25) is 5.02 Å². The molecule has 144 valence electrons. The number of methoxy groups -OCH3 is 1. The summed E-state index contributed by atoms with van der Waals surface area (Å²) >= 11 is 6.04. The molecule has 7 nitrogen and oxygen atoms in total. The van der Waals surface area contributed by atoms with Crippen LogP contribution in [-0.2, 0) is 19.6 Å². The first-order valence-electron chi connectivity index (χ1n) is 8.16. The quantitative estimate of drug-likeness (QED) is 0.703. The lowest BCUT2D eigenvalue weighted by Crippen LogP contribution is -2.47. The summed E-state index contributed by atoms with van der Waals surface area (Å²) in [5, 5.41) is 0.349. The molecule has 0 saturated carbocycles. The van der Waals surface area contributed by atoms with E-state index in [4.69, 9.17) is 25.8 Å². The minimum absolute atomic E-state index is 0.0544. The van der Waals surface area contributed by atoms with E-state index in [2.05, 4.69) is 0 Å². The summed E-state index contributed by atoms with van der Waals surface area (Å²) in [4.78, 5) is 12.2. The smallest absolute Gasteiger partial charge is 0.349 e. The molecule has 1 aliphatic heterocycles. The minimum atomic E-state index is -3.97. The maximum Gasteiger partial charge on any atom is 0.349 e. The number of carbonyl (C=O) groups excluding carboxylic acids is 1. The number of benzene rings is 2. The Labute approximate surface area is 162 Å². The summed E-state index contributed by atoms with van der Waals surface area (Å²) in [7, 11) is -2.47. The van der Waals surface area contributed by atoms with E-state index in [0.717, 1.165) is 4.31 Å². The van der Waals surface area contributed by atoms with Gasteiger partial charge in [-0.1, -0.05) is 11.6 Å². The fourth-order valence-electron chi connectivity index (χ4n) is 2.68. The van der Waals surface area contributed by atoms with Crippen LogP contribution >= 0.6 is 11.6 Å². The Morgan fingerprint density at radius 2 is 1.96 bits per heavy atom. The molecule has 0 aromatic heterocycles. The third-order valence-corrected chi connectivity index (χ3v) is 6.02. The van der Waals surface area contributed by atoms with Crippen LogP contribution in [0.5, 0.6) is 11.5 Å². The van der Waals surface area contributed by atoms with Gasteiger partial charge in [0, 0.05) is 5.02 Å². The van der Waals surface area contributed by atoms with Gasteiger partial charge in [-0.05, 0) is 49.4 Å². The molecule has 2 aromatic rings. The molecular formula is C18H18ClNO6S. The monoisotopic (exact) mass is 411 g/mol. The molecule has 0 saturated heterocycles. The lowest BCUT2D eigenvalue weighted by molar-refractivity contribution is -0.151. The average Bonchev–Trinajstić information content (AvgIpc) is 2.67. The lowest BCUT2D eigenvalue weighted by atomic mass is 10.2. The Morgan fingerprint density at radius 1 is 1.26 bits per heavy atom. The van der Waals surface area contributed by atoms with Crippen LogP contribution in [0.1, 0.15) is 6.92 Å². The van der Waals surface area contributed by atoms with Crippen LogP contribution in [0.15, 0.2) is 47.4 Å².